The Morgan fingerprint density at radius 3 is 2.54 bits per heavy atom. The van der Waals surface area contributed by atoms with Gasteiger partial charge >= 0.3 is 5.97 Å². The van der Waals surface area contributed by atoms with Gasteiger partial charge in [0.2, 0.25) is 0 Å². The van der Waals surface area contributed by atoms with Crippen LogP contribution in [0.1, 0.15) is 22.3 Å². The number of methoxy groups -OCH3 is 1. The highest BCUT2D eigenvalue weighted by molar-refractivity contribution is 7.98. The highest BCUT2D eigenvalue weighted by atomic mass is 32.2. The maximum Gasteiger partial charge on any atom is 0.328 e. The number of carbonyl (C=O) groups excluding carboxylic acids is 2. The first-order valence-corrected chi connectivity index (χ1v) is 9.67. The van der Waals surface area contributed by atoms with E-state index in [0.717, 1.165) is 11.3 Å². The Labute approximate surface area is 157 Å². The summed E-state index contributed by atoms with van der Waals surface area (Å²) in [4.78, 5) is 24.8. The molecule has 2 N–H and O–H groups in total. The summed E-state index contributed by atoms with van der Waals surface area (Å²) in [6, 6.07) is 14.0. The molecule has 0 aliphatic carbocycles. The Kier molecular flexibility index (Phi) is 7.69. The summed E-state index contributed by atoms with van der Waals surface area (Å²) in [6.45, 7) is -0.111. The van der Waals surface area contributed by atoms with Crippen LogP contribution in [0.15, 0.2) is 48.5 Å². The van der Waals surface area contributed by atoms with Crippen molar-refractivity contribution in [3.63, 3.8) is 0 Å². The summed E-state index contributed by atoms with van der Waals surface area (Å²) in [5.74, 6) is -0.0693. The van der Waals surface area contributed by atoms with Gasteiger partial charge in [-0.25, -0.2) is 4.79 Å². The number of hydrogen-bond donors (Lipinski definition) is 2. The summed E-state index contributed by atoms with van der Waals surface area (Å²) < 4.78 is 4.80. The number of hydrogen-bond acceptors (Lipinski definition) is 5. The molecular weight excluding hydrogens is 350 g/mol. The van der Waals surface area contributed by atoms with Crippen LogP contribution in [-0.2, 0) is 16.1 Å². The Morgan fingerprint density at radius 1 is 1.19 bits per heavy atom. The number of aliphatic hydroxyl groups is 1. The lowest BCUT2D eigenvalue weighted by molar-refractivity contribution is -0.142. The summed E-state index contributed by atoms with van der Waals surface area (Å²) in [7, 11) is 1.31. The second-order valence-corrected chi connectivity index (χ2v) is 6.72. The van der Waals surface area contributed by atoms with Crippen LogP contribution in [0.2, 0.25) is 0 Å². The van der Waals surface area contributed by atoms with Crippen LogP contribution in [-0.4, -0.2) is 42.1 Å². The third kappa shape index (κ3) is 5.09. The fourth-order valence-corrected chi connectivity index (χ4v) is 3.08. The number of amides is 1. The van der Waals surface area contributed by atoms with Gasteiger partial charge in [0.1, 0.15) is 6.04 Å². The van der Waals surface area contributed by atoms with E-state index in [4.69, 9.17) is 4.74 Å². The van der Waals surface area contributed by atoms with Gasteiger partial charge in [-0.05, 0) is 47.3 Å². The molecule has 0 bridgehead atoms. The minimum Gasteiger partial charge on any atom is -0.467 e. The first kappa shape index (κ1) is 20.0. The molecule has 26 heavy (non-hydrogen) atoms. The smallest absolute Gasteiger partial charge is 0.328 e. The average Bonchev–Trinajstić information content (AvgIpc) is 2.70. The van der Waals surface area contributed by atoms with Crippen LogP contribution >= 0.6 is 11.8 Å². The van der Waals surface area contributed by atoms with E-state index in [9.17, 15) is 14.7 Å². The molecule has 1 atom stereocenters. The van der Waals surface area contributed by atoms with Gasteiger partial charge in [-0.3, -0.25) is 4.79 Å². The Bertz CT molecular complexity index is 749. The molecule has 2 aromatic rings. The van der Waals surface area contributed by atoms with Gasteiger partial charge in [0.15, 0.2) is 0 Å². The minimum atomic E-state index is -0.693. The number of rotatable bonds is 8. The van der Waals surface area contributed by atoms with Crippen LogP contribution < -0.4 is 5.32 Å². The first-order chi connectivity index (χ1) is 12.6. The molecule has 0 saturated carbocycles. The third-order valence-electron chi connectivity index (χ3n) is 4.00. The lowest BCUT2D eigenvalue weighted by atomic mass is 9.96. The van der Waals surface area contributed by atoms with Crippen molar-refractivity contribution in [2.75, 3.05) is 19.1 Å². The summed E-state index contributed by atoms with van der Waals surface area (Å²) in [5.41, 5.74) is 2.74. The van der Waals surface area contributed by atoms with E-state index in [1.807, 2.05) is 36.6 Å². The molecule has 0 aliphatic rings. The van der Waals surface area contributed by atoms with Gasteiger partial charge in [-0.1, -0.05) is 36.4 Å². The quantitative estimate of drug-likeness (QED) is 0.696. The Hall–Kier alpha value is -2.31. The molecule has 0 aliphatic heterocycles. The highest BCUT2D eigenvalue weighted by Gasteiger charge is 2.23. The van der Waals surface area contributed by atoms with Crippen molar-refractivity contribution in [2.45, 2.75) is 19.1 Å². The number of aliphatic hydroxyl groups excluding tert-OH is 1. The van der Waals surface area contributed by atoms with E-state index < -0.39 is 12.0 Å². The maximum atomic E-state index is 12.8. The van der Waals surface area contributed by atoms with E-state index in [1.165, 1.54) is 7.11 Å². The Balaban J connectivity index is 2.34. The van der Waals surface area contributed by atoms with E-state index in [1.54, 1.807) is 30.0 Å². The maximum absolute atomic E-state index is 12.8. The van der Waals surface area contributed by atoms with Gasteiger partial charge in [0.25, 0.3) is 5.91 Å². The summed E-state index contributed by atoms with van der Waals surface area (Å²) >= 11 is 1.60. The van der Waals surface area contributed by atoms with Crippen molar-refractivity contribution < 1.29 is 19.4 Å². The number of nitrogens with one attached hydrogen (secondary N) is 1. The molecule has 0 saturated heterocycles. The molecule has 0 fully saturated rings. The summed E-state index contributed by atoms with van der Waals surface area (Å²) in [6.07, 6.45) is 2.44. The van der Waals surface area contributed by atoms with Crippen molar-refractivity contribution in [1.29, 1.82) is 0 Å². The predicted molar refractivity (Wildman–Crippen MR) is 104 cm³/mol. The average molecular weight is 373 g/mol. The molecule has 1 amide bonds. The number of thioether (sulfide) groups is 1. The second kappa shape index (κ2) is 9.99. The van der Waals surface area contributed by atoms with E-state index in [-0.39, 0.29) is 12.5 Å². The van der Waals surface area contributed by atoms with Crippen molar-refractivity contribution in [2.24, 2.45) is 0 Å². The highest BCUT2D eigenvalue weighted by Crippen LogP contribution is 2.25. The lowest BCUT2D eigenvalue weighted by Gasteiger charge is -2.18. The largest absolute Gasteiger partial charge is 0.467 e. The van der Waals surface area contributed by atoms with Crippen molar-refractivity contribution in [3.8, 4) is 11.1 Å². The zero-order valence-corrected chi connectivity index (χ0v) is 15.7. The fourth-order valence-electron chi connectivity index (χ4n) is 2.61. The molecule has 138 valence electrons. The number of esters is 1. The number of benzene rings is 2. The van der Waals surface area contributed by atoms with Crippen LogP contribution in [0, 0.1) is 0 Å². The zero-order valence-electron chi connectivity index (χ0n) is 14.9. The number of ether oxygens (including phenoxy) is 1. The fraction of sp³-hybridized carbons (Fsp3) is 0.300. The van der Waals surface area contributed by atoms with E-state index in [2.05, 4.69) is 5.32 Å². The minimum absolute atomic E-state index is 0.111. The van der Waals surface area contributed by atoms with Crippen LogP contribution in [0.4, 0.5) is 0 Å². The molecule has 6 heteroatoms. The van der Waals surface area contributed by atoms with Crippen LogP contribution in [0.5, 0.6) is 0 Å². The van der Waals surface area contributed by atoms with Crippen molar-refractivity contribution in [1.82, 2.24) is 5.32 Å². The summed E-state index contributed by atoms with van der Waals surface area (Å²) in [5, 5.41) is 12.2. The molecular formula is C20H23NO4S. The molecule has 2 aromatic carbocycles. The van der Waals surface area contributed by atoms with Crippen LogP contribution in [0.3, 0.4) is 0 Å². The lowest BCUT2D eigenvalue weighted by Crippen LogP contribution is -2.42. The van der Waals surface area contributed by atoms with Gasteiger partial charge in [0.05, 0.1) is 13.7 Å². The molecule has 2 rings (SSSR count). The number of carbonyl (C=O) groups is 2. The van der Waals surface area contributed by atoms with Gasteiger partial charge < -0.3 is 15.2 Å². The van der Waals surface area contributed by atoms with Crippen molar-refractivity contribution >= 4 is 23.6 Å². The van der Waals surface area contributed by atoms with E-state index >= 15 is 0 Å². The first-order valence-electron chi connectivity index (χ1n) is 8.27. The molecule has 0 spiro atoms. The molecule has 0 aromatic heterocycles. The van der Waals surface area contributed by atoms with Gasteiger partial charge in [-0.2, -0.15) is 11.8 Å². The predicted octanol–water partition coefficient (Wildman–Crippen LogP) is 2.87. The normalized spacial score (nSPS) is 11.7. The molecule has 5 nitrogen and oxygen atoms in total. The topological polar surface area (TPSA) is 75.6 Å². The monoisotopic (exact) mass is 373 g/mol. The van der Waals surface area contributed by atoms with Crippen molar-refractivity contribution in [3.05, 3.63) is 59.7 Å². The molecule has 0 heterocycles. The zero-order chi connectivity index (χ0) is 18.9. The Morgan fingerprint density at radius 2 is 1.92 bits per heavy atom. The van der Waals surface area contributed by atoms with Gasteiger partial charge in [0, 0.05) is 5.56 Å². The third-order valence-corrected chi connectivity index (χ3v) is 4.64. The molecule has 0 radical (unpaired) electrons. The SMILES string of the molecule is COC(=O)C(CCSC)NC(=O)c1ccc(CO)cc1-c1ccccc1. The van der Waals surface area contributed by atoms with E-state index in [0.29, 0.717) is 23.1 Å². The standard InChI is InChI=1S/C20H23NO4S/c1-25-20(24)18(10-11-26-2)21-19(23)16-9-8-14(13-22)12-17(16)15-6-4-3-5-7-15/h3-9,12,18,22H,10-11,13H2,1-2H3,(H,21,23). The molecule has 1 unspecified atom stereocenters. The second-order valence-electron chi connectivity index (χ2n) is 5.73. The van der Waals surface area contributed by atoms with Crippen LogP contribution in [0.25, 0.3) is 11.1 Å². The van der Waals surface area contributed by atoms with Gasteiger partial charge in [-0.15, -0.1) is 0 Å².